The maximum atomic E-state index is 12.5. The number of Topliss-reactive ketones (excluding diaryl/α,β-unsaturated/α-hetero) is 1. The van der Waals surface area contributed by atoms with Crippen LogP contribution < -0.4 is 4.90 Å². The molecule has 0 N–H and O–H groups in total. The van der Waals surface area contributed by atoms with Crippen LogP contribution in [0, 0.1) is 23.2 Å². The van der Waals surface area contributed by atoms with Gasteiger partial charge in [0.1, 0.15) is 5.92 Å². The molecular formula is C15H15ClN2O2. The molecule has 2 atom stereocenters. The summed E-state index contributed by atoms with van der Waals surface area (Å²) in [5.41, 5.74) is 0.626. The van der Waals surface area contributed by atoms with E-state index in [1.807, 2.05) is 6.07 Å². The standard InChI is InChI=1S/C15H15ClN2O2/c1-10(9-17)14(19)11-5-4-8-18(15(11)20)13-7-3-2-6-12(13)16/h2-3,6-7,10-11H,4-5,8H2,1H3. The lowest BCUT2D eigenvalue weighted by molar-refractivity contribution is -0.135. The Balaban J connectivity index is 2.26. The molecule has 0 spiro atoms. The van der Waals surface area contributed by atoms with Crippen LogP contribution in [-0.4, -0.2) is 18.2 Å². The molecule has 1 aromatic rings. The molecule has 5 heteroatoms. The van der Waals surface area contributed by atoms with E-state index in [-0.39, 0.29) is 11.7 Å². The molecule has 0 aliphatic carbocycles. The Kier molecular flexibility index (Phi) is 4.41. The van der Waals surface area contributed by atoms with Gasteiger partial charge >= 0.3 is 0 Å². The lowest BCUT2D eigenvalue weighted by Gasteiger charge is -2.32. The van der Waals surface area contributed by atoms with Gasteiger partial charge in [-0.05, 0) is 31.9 Å². The van der Waals surface area contributed by atoms with Crippen molar-refractivity contribution < 1.29 is 9.59 Å². The summed E-state index contributed by atoms with van der Waals surface area (Å²) in [5.74, 6) is -2.03. The van der Waals surface area contributed by atoms with Crippen molar-refractivity contribution in [2.75, 3.05) is 11.4 Å². The fourth-order valence-electron chi connectivity index (χ4n) is 2.41. The predicted molar refractivity (Wildman–Crippen MR) is 76.3 cm³/mol. The predicted octanol–water partition coefficient (Wildman–Crippen LogP) is 2.81. The molecule has 1 amide bonds. The van der Waals surface area contributed by atoms with Gasteiger partial charge in [0.25, 0.3) is 0 Å². The number of para-hydroxylation sites is 1. The van der Waals surface area contributed by atoms with E-state index in [9.17, 15) is 9.59 Å². The van der Waals surface area contributed by atoms with Crippen molar-refractivity contribution in [1.29, 1.82) is 5.26 Å². The second kappa shape index (κ2) is 6.06. The van der Waals surface area contributed by atoms with E-state index < -0.39 is 11.8 Å². The highest BCUT2D eigenvalue weighted by Gasteiger charge is 2.37. The maximum absolute atomic E-state index is 12.5. The van der Waals surface area contributed by atoms with Crippen molar-refractivity contribution in [3.8, 4) is 6.07 Å². The quantitative estimate of drug-likeness (QED) is 0.804. The smallest absolute Gasteiger partial charge is 0.237 e. The minimum absolute atomic E-state index is 0.253. The third-order valence-corrected chi connectivity index (χ3v) is 3.87. The number of halogens is 1. The Morgan fingerprint density at radius 3 is 2.85 bits per heavy atom. The number of ketones is 1. The number of hydrogen-bond donors (Lipinski definition) is 0. The monoisotopic (exact) mass is 290 g/mol. The van der Waals surface area contributed by atoms with Crippen LogP contribution in [0.3, 0.4) is 0 Å². The number of piperidine rings is 1. The van der Waals surface area contributed by atoms with E-state index in [0.29, 0.717) is 23.7 Å². The fourth-order valence-corrected chi connectivity index (χ4v) is 2.65. The lowest BCUT2D eigenvalue weighted by atomic mass is 9.87. The molecule has 0 aromatic heterocycles. The summed E-state index contributed by atoms with van der Waals surface area (Å²) < 4.78 is 0. The first kappa shape index (κ1) is 14.5. The van der Waals surface area contributed by atoms with Crippen LogP contribution in [0.25, 0.3) is 0 Å². The third kappa shape index (κ3) is 2.68. The molecule has 2 rings (SSSR count). The number of carbonyl (C=O) groups is 2. The summed E-state index contributed by atoms with van der Waals surface area (Å²) in [6, 6.07) is 8.98. The van der Waals surface area contributed by atoms with Crippen LogP contribution in [0.2, 0.25) is 5.02 Å². The highest BCUT2D eigenvalue weighted by molar-refractivity contribution is 6.34. The van der Waals surface area contributed by atoms with Crippen molar-refractivity contribution in [3.63, 3.8) is 0 Å². The minimum atomic E-state index is -0.754. The molecule has 1 aromatic carbocycles. The first-order valence-electron chi connectivity index (χ1n) is 6.55. The van der Waals surface area contributed by atoms with Gasteiger partial charge in [0.15, 0.2) is 5.78 Å². The zero-order valence-corrected chi connectivity index (χ0v) is 11.9. The zero-order valence-electron chi connectivity index (χ0n) is 11.2. The van der Waals surface area contributed by atoms with Gasteiger partial charge in [-0.1, -0.05) is 23.7 Å². The van der Waals surface area contributed by atoms with Crippen LogP contribution in [0.5, 0.6) is 0 Å². The molecule has 0 saturated carbocycles. The topological polar surface area (TPSA) is 61.2 Å². The normalized spacial score (nSPS) is 20.4. The summed E-state index contributed by atoms with van der Waals surface area (Å²) in [4.78, 5) is 26.1. The van der Waals surface area contributed by atoms with Crippen molar-refractivity contribution >= 4 is 29.0 Å². The van der Waals surface area contributed by atoms with Gasteiger partial charge < -0.3 is 4.90 Å². The highest BCUT2D eigenvalue weighted by atomic mass is 35.5. The second-order valence-corrected chi connectivity index (χ2v) is 5.30. The molecule has 0 radical (unpaired) electrons. The summed E-state index contributed by atoms with van der Waals surface area (Å²) in [6.45, 7) is 2.08. The van der Waals surface area contributed by atoms with Gasteiger partial charge in [-0.2, -0.15) is 5.26 Å². The van der Waals surface area contributed by atoms with Gasteiger partial charge in [0.2, 0.25) is 5.91 Å². The summed E-state index contributed by atoms with van der Waals surface area (Å²) in [7, 11) is 0. The third-order valence-electron chi connectivity index (χ3n) is 3.55. The average Bonchev–Trinajstić information content (AvgIpc) is 2.47. The molecule has 2 unspecified atom stereocenters. The molecule has 1 fully saturated rings. The molecule has 104 valence electrons. The van der Waals surface area contributed by atoms with Crippen LogP contribution in [0.1, 0.15) is 19.8 Å². The number of benzene rings is 1. The maximum Gasteiger partial charge on any atom is 0.237 e. The van der Waals surface area contributed by atoms with Crippen molar-refractivity contribution in [3.05, 3.63) is 29.3 Å². The Morgan fingerprint density at radius 2 is 2.20 bits per heavy atom. The summed E-state index contributed by atoms with van der Waals surface area (Å²) in [6.07, 6.45) is 1.23. The van der Waals surface area contributed by atoms with Gasteiger partial charge in [-0.25, -0.2) is 0 Å². The number of rotatable bonds is 3. The number of anilines is 1. The van der Waals surface area contributed by atoms with Crippen molar-refractivity contribution in [2.45, 2.75) is 19.8 Å². The van der Waals surface area contributed by atoms with E-state index in [4.69, 9.17) is 16.9 Å². The van der Waals surface area contributed by atoms with Crippen LogP contribution >= 0.6 is 11.6 Å². The van der Waals surface area contributed by atoms with Crippen molar-refractivity contribution in [1.82, 2.24) is 0 Å². The largest absolute Gasteiger partial charge is 0.310 e. The molecule has 1 aliphatic heterocycles. The molecule has 1 heterocycles. The number of hydrogen-bond acceptors (Lipinski definition) is 3. The zero-order chi connectivity index (χ0) is 14.7. The lowest BCUT2D eigenvalue weighted by Crippen LogP contribution is -2.45. The Labute approximate surface area is 122 Å². The van der Waals surface area contributed by atoms with Gasteiger partial charge in [-0.3, -0.25) is 9.59 Å². The fraction of sp³-hybridized carbons (Fsp3) is 0.400. The van der Waals surface area contributed by atoms with E-state index in [1.54, 1.807) is 29.2 Å². The second-order valence-electron chi connectivity index (χ2n) is 4.89. The number of amides is 1. The summed E-state index contributed by atoms with van der Waals surface area (Å²) in [5, 5.41) is 9.32. The Hall–Kier alpha value is -1.86. The minimum Gasteiger partial charge on any atom is -0.310 e. The van der Waals surface area contributed by atoms with Crippen LogP contribution in [0.15, 0.2) is 24.3 Å². The molecule has 4 nitrogen and oxygen atoms in total. The first-order valence-corrected chi connectivity index (χ1v) is 6.93. The van der Waals surface area contributed by atoms with E-state index in [2.05, 4.69) is 0 Å². The van der Waals surface area contributed by atoms with Gasteiger partial charge in [0, 0.05) is 6.54 Å². The van der Waals surface area contributed by atoms with E-state index in [1.165, 1.54) is 6.92 Å². The number of nitriles is 1. The Bertz CT molecular complexity index is 579. The van der Waals surface area contributed by atoms with Gasteiger partial charge in [0.05, 0.1) is 22.7 Å². The van der Waals surface area contributed by atoms with Gasteiger partial charge in [-0.15, -0.1) is 0 Å². The molecule has 1 aliphatic rings. The molecule has 0 bridgehead atoms. The number of carbonyl (C=O) groups excluding carboxylic acids is 2. The van der Waals surface area contributed by atoms with E-state index in [0.717, 1.165) is 6.42 Å². The molecule has 20 heavy (non-hydrogen) atoms. The Morgan fingerprint density at radius 1 is 1.50 bits per heavy atom. The van der Waals surface area contributed by atoms with Crippen molar-refractivity contribution in [2.24, 2.45) is 11.8 Å². The number of nitrogens with zero attached hydrogens (tertiary/aromatic N) is 2. The molecule has 1 saturated heterocycles. The van der Waals surface area contributed by atoms with E-state index >= 15 is 0 Å². The first-order chi connectivity index (χ1) is 9.56. The van der Waals surface area contributed by atoms with Crippen LogP contribution in [-0.2, 0) is 9.59 Å². The summed E-state index contributed by atoms with van der Waals surface area (Å²) >= 11 is 6.11. The average molecular weight is 291 g/mol. The molecular weight excluding hydrogens is 276 g/mol. The SMILES string of the molecule is CC(C#N)C(=O)C1CCCN(c2ccccc2Cl)C1=O. The highest BCUT2D eigenvalue weighted by Crippen LogP contribution is 2.31. The van der Waals surface area contributed by atoms with Crippen LogP contribution in [0.4, 0.5) is 5.69 Å².